The lowest BCUT2D eigenvalue weighted by atomic mass is 9.70. The summed E-state index contributed by atoms with van der Waals surface area (Å²) >= 11 is 3.57. The van der Waals surface area contributed by atoms with E-state index in [4.69, 9.17) is 4.74 Å². The van der Waals surface area contributed by atoms with E-state index in [1.54, 1.807) is 0 Å². The van der Waals surface area contributed by atoms with Gasteiger partial charge in [0.2, 0.25) is 0 Å². The van der Waals surface area contributed by atoms with Crippen molar-refractivity contribution < 1.29 is 9.53 Å². The SMILES string of the molecule is O=C1O[C@H]2C[C@@H](c3ccccc3)[C@]1(Nc1ccccc1)C=C2Br. The summed E-state index contributed by atoms with van der Waals surface area (Å²) < 4.78 is 6.55. The number of hydrogen-bond acceptors (Lipinski definition) is 3. The summed E-state index contributed by atoms with van der Waals surface area (Å²) in [5.74, 6) is -0.175. The first kappa shape index (κ1) is 14.5. The smallest absolute Gasteiger partial charge is 0.337 e. The molecule has 1 N–H and O–H groups in total. The van der Waals surface area contributed by atoms with E-state index in [1.807, 2.05) is 54.6 Å². The molecule has 1 fully saturated rings. The molecular weight excluding hydrogens is 354 g/mol. The van der Waals surface area contributed by atoms with Gasteiger partial charge in [0.1, 0.15) is 6.10 Å². The average molecular weight is 370 g/mol. The van der Waals surface area contributed by atoms with Crippen molar-refractivity contribution in [3.8, 4) is 0 Å². The van der Waals surface area contributed by atoms with Crippen LogP contribution in [0.15, 0.2) is 71.2 Å². The Morgan fingerprint density at radius 1 is 1.04 bits per heavy atom. The number of anilines is 1. The van der Waals surface area contributed by atoms with E-state index in [2.05, 4.69) is 33.4 Å². The molecule has 1 saturated heterocycles. The number of halogens is 1. The Bertz CT molecular complexity index is 759. The Kier molecular flexibility index (Phi) is 3.49. The van der Waals surface area contributed by atoms with Gasteiger partial charge in [-0.1, -0.05) is 64.5 Å². The minimum atomic E-state index is -0.879. The van der Waals surface area contributed by atoms with Crippen LogP contribution in [0, 0.1) is 0 Å². The predicted octanol–water partition coefficient (Wildman–Crippen LogP) is 4.23. The molecule has 3 atom stereocenters. The Balaban J connectivity index is 1.82. The Labute approximate surface area is 143 Å². The number of nitrogens with one attached hydrogen (secondary N) is 1. The van der Waals surface area contributed by atoms with Gasteiger partial charge in [-0.15, -0.1) is 0 Å². The lowest BCUT2D eigenvalue weighted by molar-refractivity contribution is -0.159. The summed E-state index contributed by atoms with van der Waals surface area (Å²) in [5, 5.41) is 3.43. The summed E-state index contributed by atoms with van der Waals surface area (Å²) in [6, 6.07) is 20.0. The van der Waals surface area contributed by atoms with E-state index in [0.717, 1.165) is 22.2 Å². The summed E-state index contributed by atoms with van der Waals surface area (Å²) in [7, 11) is 0. The van der Waals surface area contributed by atoms with Crippen LogP contribution in [0.5, 0.6) is 0 Å². The molecular formula is C19H16BrNO2. The fraction of sp³-hybridized carbons (Fsp3) is 0.211. The monoisotopic (exact) mass is 369 g/mol. The fourth-order valence-corrected chi connectivity index (χ4v) is 4.12. The van der Waals surface area contributed by atoms with Gasteiger partial charge in [0, 0.05) is 16.1 Å². The van der Waals surface area contributed by atoms with E-state index in [1.165, 1.54) is 0 Å². The van der Waals surface area contributed by atoms with Crippen molar-refractivity contribution in [2.45, 2.75) is 24.0 Å². The van der Waals surface area contributed by atoms with Crippen molar-refractivity contribution in [2.24, 2.45) is 0 Å². The maximum atomic E-state index is 12.8. The molecule has 0 radical (unpaired) electrons. The molecule has 1 aliphatic carbocycles. The molecule has 2 bridgehead atoms. The Hall–Kier alpha value is -2.07. The molecule has 3 nitrogen and oxygen atoms in total. The molecule has 0 unspecified atom stereocenters. The number of ether oxygens (including phenoxy) is 1. The third-order valence-electron chi connectivity index (χ3n) is 4.59. The van der Waals surface area contributed by atoms with Gasteiger partial charge in [0.05, 0.1) is 0 Å². The van der Waals surface area contributed by atoms with Gasteiger partial charge in [0.25, 0.3) is 0 Å². The zero-order valence-electron chi connectivity index (χ0n) is 12.4. The minimum Gasteiger partial charge on any atom is -0.455 e. The summed E-state index contributed by atoms with van der Waals surface area (Å²) in [6.07, 6.45) is 2.57. The van der Waals surface area contributed by atoms with Crippen molar-refractivity contribution in [1.29, 1.82) is 0 Å². The molecule has 2 aliphatic heterocycles. The summed E-state index contributed by atoms with van der Waals surface area (Å²) in [5.41, 5.74) is 1.17. The zero-order chi connectivity index (χ0) is 15.9. The first-order valence-corrected chi connectivity index (χ1v) is 8.46. The van der Waals surface area contributed by atoms with Crippen LogP contribution in [0.1, 0.15) is 17.9 Å². The number of fused-ring (bicyclic) bond motifs is 2. The Morgan fingerprint density at radius 3 is 2.39 bits per heavy atom. The molecule has 0 aromatic heterocycles. The average Bonchev–Trinajstić information content (AvgIpc) is 2.58. The van der Waals surface area contributed by atoms with Crippen LogP contribution in [-0.4, -0.2) is 17.6 Å². The quantitative estimate of drug-likeness (QED) is 0.822. The number of carbonyl (C=O) groups excluding carboxylic acids is 1. The highest BCUT2D eigenvalue weighted by molar-refractivity contribution is 9.11. The van der Waals surface area contributed by atoms with E-state index >= 15 is 0 Å². The lowest BCUT2D eigenvalue weighted by Gasteiger charge is -2.48. The van der Waals surface area contributed by atoms with Crippen LogP contribution in [0.2, 0.25) is 0 Å². The molecule has 2 aromatic rings. The van der Waals surface area contributed by atoms with Gasteiger partial charge >= 0.3 is 5.97 Å². The largest absolute Gasteiger partial charge is 0.455 e. The second kappa shape index (κ2) is 5.53. The molecule has 23 heavy (non-hydrogen) atoms. The van der Waals surface area contributed by atoms with Gasteiger partial charge in [-0.2, -0.15) is 0 Å². The third-order valence-corrected chi connectivity index (χ3v) is 5.33. The summed E-state index contributed by atoms with van der Waals surface area (Å²) in [6.45, 7) is 0. The second-order valence-corrected chi connectivity index (χ2v) is 6.90. The molecule has 0 spiro atoms. The normalized spacial score (nSPS) is 28.9. The molecule has 3 aliphatic rings. The van der Waals surface area contributed by atoms with Crippen LogP contribution in [-0.2, 0) is 9.53 Å². The number of rotatable bonds is 3. The van der Waals surface area contributed by atoms with Gasteiger partial charge in [0.15, 0.2) is 5.54 Å². The van der Waals surface area contributed by atoms with Crippen LogP contribution in [0.3, 0.4) is 0 Å². The highest BCUT2D eigenvalue weighted by Gasteiger charge is 2.55. The van der Waals surface area contributed by atoms with Crippen LogP contribution in [0.25, 0.3) is 0 Å². The van der Waals surface area contributed by atoms with Gasteiger partial charge in [-0.05, 0) is 30.2 Å². The van der Waals surface area contributed by atoms with E-state index in [-0.39, 0.29) is 18.0 Å². The van der Waals surface area contributed by atoms with E-state index in [9.17, 15) is 4.79 Å². The predicted molar refractivity (Wildman–Crippen MR) is 93.5 cm³/mol. The number of carbonyl (C=O) groups is 1. The summed E-state index contributed by atoms with van der Waals surface area (Å²) in [4.78, 5) is 12.8. The molecule has 5 rings (SSSR count). The second-order valence-electron chi connectivity index (χ2n) is 5.98. The van der Waals surface area contributed by atoms with Crippen molar-refractivity contribution in [3.63, 3.8) is 0 Å². The standard InChI is InChI=1S/C19H16BrNO2/c20-16-12-19(21-14-9-5-2-6-10-14)15(11-17(16)23-18(19)22)13-7-3-1-4-8-13/h1-10,12,15,17,21H,11H2/t15-,17-,19+/m0/s1. The highest BCUT2D eigenvalue weighted by atomic mass is 79.9. The number of esters is 1. The molecule has 2 heterocycles. The van der Waals surface area contributed by atoms with Crippen LogP contribution < -0.4 is 5.32 Å². The fourth-order valence-electron chi connectivity index (χ4n) is 3.47. The van der Waals surface area contributed by atoms with Crippen molar-refractivity contribution in [1.82, 2.24) is 0 Å². The molecule has 0 saturated carbocycles. The van der Waals surface area contributed by atoms with Crippen molar-refractivity contribution >= 4 is 27.6 Å². The molecule has 2 aromatic carbocycles. The maximum Gasteiger partial charge on any atom is 0.337 e. The number of para-hydroxylation sites is 1. The lowest BCUT2D eigenvalue weighted by Crippen LogP contribution is -2.59. The molecule has 4 heteroatoms. The van der Waals surface area contributed by atoms with Gasteiger partial charge < -0.3 is 10.1 Å². The first-order valence-electron chi connectivity index (χ1n) is 7.66. The Morgan fingerprint density at radius 2 is 1.70 bits per heavy atom. The minimum absolute atomic E-state index is 0.0384. The number of benzene rings is 2. The molecule has 0 amide bonds. The van der Waals surface area contributed by atoms with Gasteiger partial charge in [-0.25, -0.2) is 4.79 Å². The van der Waals surface area contributed by atoms with Crippen molar-refractivity contribution in [2.75, 3.05) is 5.32 Å². The van der Waals surface area contributed by atoms with Crippen LogP contribution in [0.4, 0.5) is 5.69 Å². The van der Waals surface area contributed by atoms with Crippen LogP contribution >= 0.6 is 15.9 Å². The topological polar surface area (TPSA) is 38.3 Å². The van der Waals surface area contributed by atoms with Crippen molar-refractivity contribution in [3.05, 3.63) is 76.8 Å². The van der Waals surface area contributed by atoms with E-state index < -0.39 is 5.54 Å². The number of hydrogen-bond donors (Lipinski definition) is 1. The first-order chi connectivity index (χ1) is 11.2. The van der Waals surface area contributed by atoms with Gasteiger partial charge in [-0.3, -0.25) is 0 Å². The molecule has 116 valence electrons. The maximum absolute atomic E-state index is 12.8. The van der Waals surface area contributed by atoms with E-state index in [0.29, 0.717) is 0 Å². The highest BCUT2D eigenvalue weighted by Crippen LogP contribution is 2.49. The zero-order valence-corrected chi connectivity index (χ0v) is 14.0. The third kappa shape index (κ3) is 2.38.